The van der Waals surface area contributed by atoms with Crippen LogP contribution in [0.2, 0.25) is 0 Å². The van der Waals surface area contributed by atoms with Gasteiger partial charge in [-0.3, -0.25) is 0 Å². The van der Waals surface area contributed by atoms with Crippen molar-refractivity contribution in [2.75, 3.05) is 12.3 Å². The Bertz CT molecular complexity index is 410. The van der Waals surface area contributed by atoms with Gasteiger partial charge in [0, 0.05) is 18.8 Å². The van der Waals surface area contributed by atoms with Crippen molar-refractivity contribution in [2.45, 2.75) is 12.1 Å². The third-order valence-corrected chi connectivity index (χ3v) is 2.78. The maximum atomic E-state index is 11.8. The lowest BCUT2D eigenvalue weighted by Gasteiger charge is -2.07. The number of carboxylic acid groups (broad SMARTS) is 1. The van der Waals surface area contributed by atoms with Crippen molar-refractivity contribution in [1.29, 1.82) is 0 Å². The van der Waals surface area contributed by atoms with Crippen molar-refractivity contribution in [3.63, 3.8) is 0 Å². The Hall–Kier alpha value is -1.21. The zero-order valence-corrected chi connectivity index (χ0v) is 10.1. The molecule has 7 heteroatoms. The van der Waals surface area contributed by atoms with Crippen molar-refractivity contribution >= 4 is 17.7 Å². The number of rotatable bonds is 6. The third-order valence-electron chi connectivity index (χ3n) is 2.05. The van der Waals surface area contributed by atoms with Crippen LogP contribution in [0.1, 0.15) is 15.9 Å². The zero-order chi connectivity index (χ0) is 13.6. The Labute approximate surface area is 106 Å². The first-order valence-corrected chi connectivity index (χ1v) is 6.11. The molecule has 0 aliphatic heterocycles. The summed E-state index contributed by atoms with van der Waals surface area (Å²) in [6.07, 6.45) is 0. The summed E-state index contributed by atoms with van der Waals surface area (Å²) in [5.74, 6) is -1.09. The molecule has 0 amide bonds. The van der Waals surface area contributed by atoms with Crippen LogP contribution in [0.4, 0.5) is 13.2 Å². The van der Waals surface area contributed by atoms with Gasteiger partial charge in [-0.05, 0) is 29.5 Å². The predicted molar refractivity (Wildman–Crippen MR) is 63.6 cm³/mol. The van der Waals surface area contributed by atoms with E-state index in [0.29, 0.717) is 6.54 Å². The Morgan fingerprint density at radius 1 is 1.39 bits per heavy atom. The molecule has 18 heavy (non-hydrogen) atoms. The van der Waals surface area contributed by atoms with E-state index >= 15 is 0 Å². The molecule has 0 radical (unpaired) electrons. The number of carbonyl (C=O) groups is 1. The fourth-order valence-corrected chi connectivity index (χ4v) is 1.76. The second-order valence-corrected chi connectivity index (χ2v) is 4.64. The van der Waals surface area contributed by atoms with Crippen LogP contribution in [0.25, 0.3) is 0 Å². The van der Waals surface area contributed by atoms with Crippen LogP contribution in [0.5, 0.6) is 0 Å². The molecule has 0 unspecified atom stereocenters. The van der Waals surface area contributed by atoms with E-state index in [0.717, 1.165) is 5.56 Å². The van der Waals surface area contributed by atoms with Gasteiger partial charge in [0.25, 0.3) is 0 Å². The van der Waals surface area contributed by atoms with E-state index < -0.39 is 11.5 Å². The summed E-state index contributed by atoms with van der Waals surface area (Å²) in [5, 5.41) is 11.6. The largest absolute Gasteiger partial charge is 0.478 e. The minimum absolute atomic E-state index is 0.0673. The van der Waals surface area contributed by atoms with Crippen LogP contribution in [0.3, 0.4) is 0 Å². The standard InChI is InChI=1S/C11H12F3NO2S/c12-11(13,14)18-5-4-15-7-8-2-1-3-9(6-8)10(16)17/h1-3,6,15H,4-5,7H2,(H,16,17). The lowest BCUT2D eigenvalue weighted by atomic mass is 10.1. The highest BCUT2D eigenvalue weighted by Crippen LogP contribution is 2.29. The first-order chi connectivity index (χ1) is 8.38. The van der Waals surface area contributed by atoms with E-state index in [9.17, 15) is 18.0 Å². The molecule has 0 aromatic heterocycles. The average Bonchev–Trinajstić information content (AvgIpc) is 2.27. The Balaban J connectivity index is 2.31. The molecule has 0 atom stereocenters. The molecule has 0 aliphatic rings. The normalized spacial score (nSPS) is 11.5. The summed E-state index contributed by atoms with van der Waals surface area (Å²) in [5.41, 5.74) is -3.31. The van der Waals surface area contributed by atoms with Crippen LogP contribution in [-0.2, 0) is 6.54 Å². The van der Waals surface area contributed by atoms with Crippen molar-refractivity contribution in [2.24, 2.45) is 0 Å². The van der Waals surface area contributed by atoms with Gasteiger partial charge in [-0.15, -0.1) is 0 Å². The van der Waals surface area contributed by atoms with Crippen LogP contribution in [-0.4, -0.2) is 28.9 Å². The van der Waals surface area contributed by atoms with Crippen molar-refractivity contribution in [1.82, 2.24) is 5.32 Å². The summed E-state index contributed by atoms with van der Waals surface area (Å²) in [4.78, 5) is 10.7. The number of hydrogen-bond donors (Lipinski definition) is 2. The molecule has 0 fully saturated rings. The molecule has 2 N–H and O–H groups in total. The first kappa shape index (κ1) is 14.8. The van der Waals surface area contributed by atoms with Gasteiger partial charge in [0.05, 0.1) is 5.56 Å². The van der Waals surface area contributed by atoms with Gasteiger partial charge in [-0.25, -0.2) is 4.79 Å². The smallest absolute Gasteiger partial charge is 0.441 e. The van der Waals surface area contributed by atoms with Crippen LogP contribution in [0.15, 0.2) is 24.3 Å². The lowest BCUT2D eigenvalue weighted by Crippen LogP contribution is -2.18. The van der Waals surface area contributed by atoms with E-state index in [4.69, 9.17) is 5.11 Å². The minimum Gasteiger partial charge on any atom is -0.478 e. The molecule has 1 aromatic rings. The summed E-state index contributed by atoms with van der Waals surface area (Å²) in [6.45, 7) is 0.557. The molecular formula is C11H12F3NO2S. The van der Waals surface area contributed by atoms with E-state index in [-0.39, 0.29) is 29.6 Å². The number of hydrogen-bond acceptors (Lipinski definition) is 3. The van der Waals surface area contributed by atoms with Crippen LogP contribution < -0.4 is 5.32 Å². The molecule has 3 nitrogen and oxygen atoms in total. The van der Waals surface area contributed by atoms with Gasteiger partial charge >= 0.3 is 11.5 Å². The quantitative estimate of drug-likeness (QED) is 0.786. The number of halogens is 3. The third kappa shape index (κ3) is 5.92. The molecule has 0 aliphatic carbocycles. The Morgan fingerprint density at radius 3 is 2.72 bits per heavy atom. The maximum absolute atomic E-state index is 11.8. The summed E-state index contributed by atoms with van der Waals surface area (Å²) in [6, 6.07) is 6.28. The SMILES string of the molecule is O=C(O)c1cccc(CNCCSC(F)(F)F)c1. The highest BCUT2D eigenvalue weighted by Gasteiger charge is 2.27. The highest BCUT2D eigenvalue weighted by molar-refractivity contribution is 8.00. The molecular weight excluding hydrogens is 267 g/mol. The summed E-state index contributed by atoms with van der Waals surface area (Å²) >= 11 is -0.0799. The molecule has 100 valence electrons. The number of aromatic carboxylic acids is 1. The fraction of sp³-hybridized carbons (Fsp3) is 0.364. The van der Waals surface area contributed by atoms with Gasteiger partial charge in [0.1, 0.15) is 0 Å². The van der Waals surface area contributed by atoms with Crippen LogP contribution >= 0.6 is 11.8 Å². The van der Waals surface area contributed by atoms with Gasteiger partial charge in [0.15, 0.2) is 0 Å². The van der Waals surface area contributed by atoms with Gasteiger partial charge in [-0.2, -0.15) is 13.2 Å². The van der Waals surface area contributed by atoms with Gasteiger partial charge in [0.2, 0.25) is 0 Å². The second kappa shape index (κ2) is 6.65. The summed E-state index contributed by atoms with van der Waals surface area (Å²) < 4.78 is 35.5. The van der Waals surface area contributed by atoms with E-state index in [2.05, 4.69) is 5.32 Å². The minimum atomic E-state index is -4.20. The number of carboxylic acids is 1. The average molecular weight is 279 g/mol. The van der Waals surface area contributed by atoms with Gasteiger partial charge in [-0.1, -0.05) is 12.1 Å². The lowest BCUT2D eigenvalue weighted by molar-refractivity contribution is -0.0327. The molecule has 0 heterocycles. The number of benzene rings is 1. The topological polar surface area (TPSA) is 49.3 Å². The Kier molecular flexibility index (Phi) is 5.49. The maximum Gasteiger partial charge on any atom is 0.441 e. The number of nitrogens with one attached hydrogen (secondary N) is 1. The molecule has 0 spiro atoms. The number of thioether (sulfide) groups is 1. The molecule has 0 saturated heterocycles. The molecule has 0 saturated carbocycles. The van der Waals surface area contributed by atoms with Crippen molar-refractivity contribution in [3.8, 4) is 0 Å². The molecule has 0 bridgehead atoms. The fourth-order valence-electron chi connectivity index (χ4n) is 1.29. The first-order valence-electron chi connectivity index (χ1n) is 5.12. The number of alkyl halides is 3. The monoisotopic (exact) mass is 279 g/mol. The second-order valence-electron chi connectivity index (χ2n) is 3.48. The van der Waals surface area contributed by atoms with Crippen molar-refractivity contribution in [3.05, 3.63) is 35.4 Å². The Morgan fingerprint density at radius 2 is 2.11 bits per heavy atom. The van der Waals surface area contributed by atoms with Gasteiger partial charge < -0.3 is 10.4 Å². The van der Waals surface area contributed by atoms with E-state index in [1.165, 1.54) is 12.1 Å². The van der Waals surface area contributed by atoms with Crippen LogP contribution in [0, 0.1) is 0 Å². The molecule has 1 rings (SSSR count). The van der Waals surface area contributed by atoms with E-state index in [1.54, 1.807) is 12.1 Å². The summed E-state index contributed by atoms with van der Waals surface area (Å²) in [7, 11) is 0. The van der Waals surface area contributed by atoms with E-state index in [1.807, 2.05) is 0 Å². The molecule has 1 aromatic carbocycles. The highest BCUT2D eigenvalue weighted by atomic mass is 32.2. The predicted octanol–water partition coefficient (Wildman–Crippen LogP) is 2.73. The van der Waals surface area contributed by atoms with Crippen molar-refractivity contribution < 1.29 is 23.1 Å². The zero-order valence-electron chi connectivity index (χ0n) is 9.33.